The quantitative estimate of drug-likeness (QED) is 0.198. The second kappa shape index (κ2) is 11.6. The maximum atomic E-state index is 6.34. The Kier molecular flexibility index (Phi) is 7.50. The van der Waals surface area contributed by atoms with Crippen LogP contribution >= 0.6 is 23.2 Å². The van der Waals surface area contributed by atoms with Crippen LogP contribution in [0.3, 0.4) is 0 Å². The van der Waals surface area contributed by atoms with E-state index in [9.17, 15) is 0 Å². The third kappa shape index (κ3) is 5.51. The van der Waals surface area contributed by atoms with Crippen molar-refractivity contribution in [2.75, 3.05) is 37.6 Å². The molecule has 9 heteroatoms. The van der Waals surface area contributed by atoms with Crippen LogP contribution in [0.5, 0.6) is 0 Å². The van der Waals surface area contributed by atoms with Crippen molar-refractivity contribution >= 4 is 50.7 Å². The minimum atomic E-state index is 0.679. The summed E-state index contributed by atoms with van der Waals surface area (Å²) in [6, 6.07) is 13.9. The molecule has 5 aromatic rings. The monoisotopic (exact) mass is 585 g/mol. The Balaban J connectivity index is 0.951. The summed E-state index contributed by atoms with van der Waals surface area (Å²) >= 11 is 12.5. The van der Waals surface area contributed by atoms with E-state index in [1.165, 1.54) is 35.2 Å². The summed E-state index contributed by atoms with van der Waals surface area (Å²) in [5.41, 5.74) is 8.03. The predicted molar refractivity (Wildman–Crippen MR) is 167 cm³/mol. The molecule has 0 radical (unpaired) electrons. The Hall–Kier alpha value is -3.26. The Labute approximate surface area is 250 Å². The van der Waals surface area contributed by atoms with E-state index in [1.807, 2.05) is 47.3 Å². The zero-order chi connectivity index (χ0) is 27.8. The average Bonchev–Trinajstić information content (AvgIpc) is 3.47. The molecule has 210 valence electrons. The minimum absolute atomic E-state index is 0.679. The van der Waals surface area contributed by atoms with Gasteiger partial charge in [-0.3, -0.25) is 14.9 Å². The van der Waals surface area contributed by atoms with Gasteiger partial charge in [-0.25, -0.2) is 4.68 Å². The van der Waals surface area contributed by atoms with Crippen LogP contribution in [0.2, 0.25) is 10.0 Å². The van der Waals surface area contributed by atoms with Gasteiger partial charge in [-0.15, -0.1) is 5.10 Å². The molecule has 0 N–H and O–H groups in total. The van der Waals surface area contributed by atoms with Crippen LogP contribution in [0.4, 0.5) is 5.69 Å². The lowest BCUT2D eigenvalue weighted by atomic mass is 9.92. The summed E-state index contributed by atoms with van der Waals surface area (Å²) in [5.74, 6) is 0. The van der Waals surface area contributed by atoms with Gasteiger partial charge in [0.2, 0.25) is 0 Å². The fourth-order valence-electron chi connectivity index (χ4n) is 6.41. The number of fused-ring (bicyclic) bond motifs is 3. The standard InChI is InChI=1S/C32H33Cl2N7/c33-22-8-10-25-29(19-22)35-13-12-31(25)41-21-24(37-38-41)5-3-4-14-39-15-17-40(18-16-39)32-26-6-1-2-7-28(26)36-30-20-23(34)9-11-27(30)32/h8-13,19-21H,1-7,14-18H2. The second-order valence-corrected chi connectivity index (χ2v) is 12.1. The highest BCUT2D eigenvalue weighted by molar-refractivity contribution is 6.31. The number of hydrogen-bond acceptors (Lipinski definition) is 6. The SMILES string of the molecule is Clc1ccc2c(-n3cc(CCCCN4CCN(c5c6c(nc7cc(Cl)ccc57)CCCC6)CC4)nn3)ccnc2c1. The molecule has 1 saturated heterocycles. The van der Waals surface area contributed by atoms with Gasteiger partial charge < -0.3 is 4.90 Å². The fourth-order valence-corrected chi connectivity index (χ4v) is 6.74. The lowest BCUT2D eigenvalue weighted by molar-refractivity contribution is 0.253. The van der Waals surface area contributed by atoms with Gasteiger partial charge in [0, 0.05) is 58.9 Å². The number of nitrogens with zero attached hydrogens (tertiary/aromatic N) is 7. The van der Waals surface area contributed by atoms with Crippen molar-refractivity contribution in [3.05, 3.63) is 81.9 Å². The Morgan fingerprint density at radius 2 is 1.59 bits per heavy atom. The van der Waals surface area contributed by atoms with Crippen molar-refractivity contribution < 1.29 is 0 Å². The number of piperazine rings is 1. The van der Waals surface area contributed by atoms with Gasteiger partial charge in [0.15, 0.2) is 0 Å². The predicted octanol–water partition coefficient (Wildman–Crippen LogP) is 6.69. The van der Waals surface area contributed by atoms with Gasteiger partial charge in [0.25, 0.3) is 0 Å². The molecular weight excluding hydrogens is 553 g/mol. The summed E-state index contributed by atoms with van der Waals surface area (Å²) in [4.78, 5) is 14.7. The summed E-state index contributed by atoms with van der Waals surface area (Å²) < 4.78 is 1.85. The van der Waals surface area contributed by atoms with Crippen molar-refractivity contribution in [2.45, 2.75) is 44.9 Å². The van der Waals surface area contributed by atoms with Gasteiger partial charge in [-0.05, 0) is 99.5 Å². The van der Waals surface area contributed by atoms with Crippen LogP contribution in [0.25, 0.3) is 27.5 Å². The largest absolute Gasteiger partial charge is 0.368 e. The molecule has 41 heavy (non-hydrogen) atoms. The molecule has 0 spiro atoms. The average molecular weight is 587 g/mol. The van der Waals surface area contributed by atoms with E-state index in [1.54, 1.807) is 6.20 Å². The highest BCUT2D eigenvalue weighted by atomic mass is 35.5. The van der Waals surface area contributed by atoms with Crippen molar-refractivity contribution in [3.63, 3.8) is 0 Å². The first-order chi connectivity index (χ1) is 20.1. The van der Waals surface area contributed by atoms with Gasteiger partial charge in [0.1, 0.15) is 0 Å². The summed E-state index contributed by atoms with van der Waals surface area (Å²) in [6.45, 7) is 5.38. The third-order valence-electron chi connectivity index (χ3n) is 8.51. The molecule has 0 saturated carbocycles. The maximum absolute atomic E-state index is 6.34. The molecule has 0 bridgehead atoms. The van der Waals surface area contributed by atoms with Crippen molar-refractivity contribution in [3.8, 4) is 5.69 Å². The number of anilines is 1. The van der Waals surface area contributed by atoms with Gasteiger partial charge >= 0.3 is 0 Å². The first kappa shape index (κ1) is 26.6. The van der Waals surface area contributed by atoms with Crippen molar-refractivity contribution in [2.24, 2.45) is 0 Å². The van der Waals surface area contributed by atoms with Crippen molar-refractivity contribution in [1.29, 1.82) is 0 Å². The van der Waals surface area contributed by atoms with Crippen LogP contribution in [-0.4, -0.2) is 62.6 Å². The molecule has 0 unspecified atom stereocenters. The molecule has 2 aromatic carbocycles. The van der Waals surface area contributed by atoms with E-state index in [0.717, 1.165) is 97.7 Å². The van der Waals surface area contributed by atoms with E-state index in [4.69, 9.17) is 28.2 Å². The Bertz CT molecular complexity index is 1710. The number of pyridine rings is 2. The molecule has 1 aliphatic carbocycles. The van der Waals surface area contributed by atoms with Gasteiger partial charge in [0.05, 0.1) is 34.3 Å². The number of aromatic nitrogens is 5. The zero-order valence-corrected chi connectivity index (χ0v) is 24.6. The number of halogens is 2. The maximum Gasteiger partial charge on any atom is 0.0831 e. The van der Waals surface area contributed by atoms with Gasteiger partial charge in [-0.1, -0.05) is 28.4 Å². The van der Waals surface area contributed by atoms with E-state index in [0.29, 0.717) is 5.02 Å². The number of benzene rings is 2. The molecule has 2 aliphatic rings. The van der Waals surface area contributed by atoms with E-state index < -0.39 is 0 Å². The Morgan fingerprint density at radius 1 is 0.805 bits per heavy atom. The molecule has 3 aromatic heterocycles. The van der Waals surface area contributed by atoms with Gasteiger partial charge in [-0.2, -0.15) is 0 Å². The van der Waals surface area contributed by atoms with Crippen LogP contribution < -0.4 is 4.90 Å². The van der Waals surface area contributed by atoms with Crippen LogP contribution in [0, 0.1) is 0 Å². The fraction of sp³-hybridized carbons (Fsp3) is 0.375. The second-order valence-electron chi connectivity index (χ2n) is 11.2. The smallest absolute Gasteiger partial charge is 0.0831 e. The van der Waals surface area contributed by atoms with Crippen molar-refractivity contribution in [1.82, 2.24) is 29.9 Å². The highest BCUT2D eigenvalue weighted by Crippen LogP contribution is 2.37. The van der Waals surface area contributed by atoms with Crippen LogP contribution in [0.15, 0.2) is 54.9 Å². The topological polar surface area (TPSA) is 63.0 Å². The van der Waals surface area contributed by atoms with E-state index >= 15 is 0 Å². The summed E-state index contributed by atoms with van der Waals surface area (Å²) in [7, 11) is 0. The summed E-state index contributed by atoms with van der Waals surface area (Å²) in [5, 5.41) is 12.5. The normalized spacial score (nSPS) is 16.0. The molecule has 4 heterocycles. The third-order valence-corrected chi connectivity index (χ3v) is 8.98. The van der Waals surface area contributed by atoms with Crippen LogP contribution in [-0.2, 0) is 19.3 Å². The lowest BCUT2D eigenvalue weighted by Gasteiger charge is -2.38. The Morgan fingerprint density at radius 3 is 2.44 bits per heavy atom. The number of hydrogen-bond donors (Lipinski definition) is 0. The van der Waals surface area contributed by atoms with E-state index in [2.05, 4.69) is 31.2 Å². The molecule has 1 aliphatic heterocycles. The van der Waals surface area contributed by atoms with E-state index in [-0.39, 0.29) is 0 Å². The number of rotatable bonds is 7. The molecule has 7 rings (SSSR count). The minimum Gasteiger partial charge on any atom is -0.368 e. The molecule has 1 fully saturated rings. The molecule has 7 nitrogen and oxygen atoms in total. The first-order valence-corrected chi connectivity index (χ1v) is 15.4. The molecular formula is C32H33Cl2N7. The molecule has 0 amide bonds. The summed E-state index contributed by atoms with van der Waals surface area (Å²) in [6.07, 6.45) is 11.7. The first-order valence-electron chi connectivity index (χ1n) is 14.7. The molecule has 0 atom stereocenters. The highest BCUT2D eigenvalue weighted by Gasteiger charge is 2.25. The number of aryl methyl sites for hydroxylation is 2. The van der Waals surface area contributed by atoms with Crippen LogP contribution in [0.1, 0.15) is 42.6 Å². The zero-order valence-electron chi connectivity index (χ0n) is 23.1. The number of unbranched alkanes of at least 4 members (excludes halogenated alkanes) is 1. The lowest BCUT2D eigenvalue weighted by Crippen LogP contribution is -2.47.